The Balaban J connectivity index is 2.59. The third-order valence-corrected chi connectivity index (χ3v) is 4.57. The predicted molar refractivity (Wildman–Crippen MR) is 85.6 cm³/mol. The first-order valence-corrected chi connectivity index (χ1v) is 8.22. The van der Waals surface area contributed by atoms with Crippen molar-refractivity contribution in [2.75, 3.05) is 19.6 Å². The molecule has 1 aliphatic heterocycles. The van der Waals surface area contributed by atoms with Gasteiger partial charge in [-0.25, -0.2) is 0 Å². The summed E-state index contributed by atoms with van der Waals surface area (Å²) in [6.45, 7) is 14.6. The minimum absolute atomic E-state index is 0.275. The Labute approximate surface area is 120 Å². The van der Waals surface area contributed by atoms with Crippen LogP contribution < -0.4 is 5.32 Å². The molecule has 1 fully saturated rings. The maximum absolute atomic E-state index is 3.84. The molecule has 1 atom stereocenters. The molecule has 0 amide bonds. The Kier molecular flexibility index (Phi) is 7.70. The average Bonchev–Trinajstić information content (AvgIpc) is 2.43. The Morgan fingerprint density at radius 3 is 2.53 bits per heavy atom. The number of likely N-dealkylation sites (tertiary alicyclic amines) is 1. The third-order valence-electron chi connectivity index (χ3n) is 4.57. The lowest BCUT2D eigenvalue weighted by Gasteiger charge is -2.46. The number of unbranched alkanes of at least 4 members (excludes halogenated alkanes) is 1. The zero-order valence-electron chi connectivity index (χ0n) is 13.4. The van der Waals surface area contributed by atoms with E-state index in [-0.39, 0.29) is 5.54 Å². The molecule has 1 heterocycles. The van der Waals surface area contributed by atoms with Crippen LogP contribution in [-0.4, -0.2) is 36.1 Å². The molecule has 0 spiro atoms. The second-order valence-corrected chi connectivity index (χ2v) is 6.43. The Hall–Kier alpha value is -0.340. The van der Waals surface area contributed by atoms with Crippen LogP contribution in [0.25, 0.3) is 0 Å². The maximum Gasteiger partial charge on any atom is 0.0306 e. The van der Waals surface area contributed by atoms with Crippen molar-refractivity contribution in [1.29, 1.82) is 0 Å². The van der Waals surface area contributed by atoms with Gasteiger partial charge in [0.25, 0.3) is 0 Å². The van der Waals surface area contributed by atoms with Crippen LogP contribution in [0.3, 0.4) is 0 Å². The zero-order valence-corrected chi connectivity index (χ0v) is 13.4. The van der Waals surface area contributed by atoms with Crippen LogP contribution in [0.2, 0.25) is 0 Å². The van der Waals surface area contributed by atoms with E-state index in [4.69, 9.17) is 0 Å². The molecule has 1 aliphatic rings. The number of nitrogens with zero attached hydrogens (tertiary/aromatic N) is 1. The summed E-state index contributed by atoms with van der Waals surface area (Å²) in [5.41, 5.74) is 0.275. The van der Waals surface area contributed by atoms with Gasteiger partial charge in [0.15, 0.2) is 0 Å². The monoisotopic (exact) mass is 266 g/mol. The molecular weight excluding hydrogens is 232 g/mol. The highest BCUT2D eigenvalue weighted by molar-refractivity contribution is 4.94. The number of allylic oxidation sites excluding steroid dienone is 1. The molecule has 1 rings (SSSR count). The van der Waals surface area contributed by atoms with Crippen LogP contribution in [0.1, 0.15) is 65.7 Å². The van der Waals surface area contributed by atoms with Crippen LogP contribution >= 0.6 is 0 Å². The second-order valence-electron chi connectivity index (χ2n) is 6.43. The van der Waals surface area contributed by atoms with Crippen molar-refractivity contribution in [3.05, 3.63) is 12.7 Å². The van der Waals surface area contributed by atoms with Gasteiger partial charge in [-0.2, -0.15) is 0 Å². The standard InChI is InChI=1S/C17H34N2/c1-5-7-9-12-16(18-13-6-2)17(3,4)19-14-10-8-11-15-19/h5,16,18H,1,6-15H2,2-4H3. The largest absolute Gasteiger partial charge is 0.312 e. The molecule has 2 heteroatoms. The van der Waals surface area contributed by atoms with Crippen molar-refractivity contribution in [1.82, 2.24) is 10.2 Å². The lowest BCUT2D eigenvalue weighted by Crippen LogP contribution is -2.59. The van der Waals surface area contributed by atoms with Crippen molar-refractivity contribution in [2.45, 2.75) is 77.3 Å². The van der Waals surface area contributed by atoms with Gasteiger partial charge in [-0.05, 0) is 72.0 Å². The summed E-state index contributed by atoms with van der Waals surface area (Å²) in [6.07, 6.45) is 11.1. The topological polar surface area (TPSA) is 15.3 Å². The molecule has 0 aliphatic carbocycles. The molecule has 0 aromatic heterocycles. The van der Waals surface area contributed by atoms with Gasteiger partial charge in [-0.3, -0.25) is 4.90 Å². The van der Waals surface area contributed by atoms with E-state index in [0.717, 1.165) is 13.0 Å². The SMILES string of the molecule is C=CCCCC(NCCC)C(C)(C)N1CCCCC1. The molecule has 0 radical (unpaired) electrons. The van der Waals surface area contributed by atoms with E-state index in [0.29, 0.717) is 6.04 Å². The number of rotatable bonds is 9. The molecule has 0 bridgehead atoms. The summed E-state index contributed by atoms with van der Waals surface area (Å²) in [5, 5.41) is 3.79. The van der Waals surface area contributed by atoms with Gasteiger partial charge in [0.2, 0.25) is 0 Å². The maximum atomic E-state index is 3.84. The summed E-state index contributed by atoms with van der Waals surface area (Å²) >= 11 is 0. The molecule has 1 saturated heterocycles. The summed E-state index contributed by atoms with van der Waals surface area (Å²) in [4.78, 5) is 2.71. The van der Waals surface area contributed by atoms with Gasteiger partial charge in [0.1, 0.15) is 0 Å². The minimum atomic E-state index is 0.275. The molecule has 19 heavy (non-hydrogen) atoms. The highest BCUT2D eigenvalue weighted by Crippen LogP contribution is 2.26. The quantitative estimate of drug-likeness (QED) is 0.502. The van der Waals surface area contributed by atoms with Crippen molar-refractivity contribution in [3.63, 3.8) is 0 Å². The van der Waals surface area contributed by atoms with Crippen LogP contribution in [0.15, 0.2) is 12.7 Å². The predicted octanol–water partition coefficient (Wildman–Crippen LogP) is 3.98. The van der Waals surface area contributed by atoms with Gasteiger partial charge in [-0.15, -0.1) is 6.58 Å². The molecule has 1 N–H and O–H groups in total. The van der Waals surface area contributed by atoms with Crippen molar-refractivity contribution in [2.24, 2.45) is 0 Å². The van der Waals surface area contributed by atoms with E-state index < -0.39 is 0 Å². The first-order chi connectivity index (χ1) is 9.12. The average molecular weight is 266 g/mol. The van der Waals surface area contributed by atoms with Crippen molar-refractivity contribution < 1.29 is 0 Å². The molecule has 0 aromatic rings. The Bertz CT molecular complexity index is 242. The molecular formula is C17H34N2. The number of hydrogen-bond acceptors (Lipinski definition) is 2. The fourth-order valence-electron chi connectivity index (χ4n) is 3.18. The summed E-state index contributed by atoms with van der Waals surface area (Å²) in [5.74, 6) is 0. The molecule has 2 nitrogen and oxygen atoms in total. The zero-order chi connectivity index (χ0) is 14.1. The van der Waals surface area contributed by atoms with Crippen molar-refractivity contribution >= 4 is 0 Å². The van der Waals surface area contributed by atoms with Crippen LogP contribution in [0, 0.1) is 0 Å². The molecule has 0 aromatic carbocycles. The fraction of sp³-hybridized carbons (Fsp3) is 0.882. The smallest absolute Gasteiger partial charge is 0.0306 e. The number of hydrogen-bond donors (Lipinski definition) is 1. The molecule has 1 unspecified atom stereocenters. The Morgan fingerprint density at radius 2 is 1.95 bits per heavy atom. The van der Waals surface area contributed by atoms with Crippen LogP contribution in [0.4, 0.5) is 0 Å². The number of nitrogens with one attached hydrogen (secondary N) is 1. The summed E-state index contributed by atoms with van der Waals surface area (Å²) in [7, 11) is 0. The lowest BCUT2D eigenvalue weighted by atomic mass is 9.86. The summed E-state index contributed by atoms with van der Waals surface area (Å²) in [6, 6.07) is 0.602. The summed E-state index contributed by atoms with van der Waals surface area (Å²) < 4.78 is 0. The van der Waals surface area contributed by atoms with Crippen molar-refractivity contribution in [3.8, 4) is 0 Å². The van der Waals surface area contributed by atoms with E-state index in [1.54, 1.807) is 0 Å². The lowest BCUT2D eigenvalue weighted by molar-refractivity contribution is 0.0576. The van der Waals surface area contributed by atoms with E-state index in [1.807, 2.05) is 6.08 Å². The fourth-order valence-corrected chi connectivity index (χ4v) is 3.18. The number of piperidine rings is 1. The van der Waals surface area contributed by atoms with Gasteiger partial charge in [0, 0.05) is 11.6 Å². The van der Waals surface area contributed by atoms with E-state index >= 15 is 0 Å². The third kappa shape index (κ3) is 5.27. The first-order valence-electron chi connectivity index (χ1n) is 8.22. The highest BCUT2D eigenvalue weighted by Gasteiger charge is 2.34. The van der Waals surface area contributed by atoms with Gasteiger partial charge in [0.05, 0.1) is 0 Å². The van der Waals surface area contributed by atoms with E-state index in [1.165, 1.54) is 51.6 Å². The normalized spacial score (nSPS) is 19.3. The van der Waals surface area contributed by atoms with Gasteiger partial charge < -0.3 is 5.32 Å². The van der Waals surface area contributed by atoms with Gasteiger partial charge >= 0.3 is 0 Å². The van der Waals surface area contributed by atoms with E-state index in [9.17, 15) is 0 Å². The first kappa shape index (κ1) is 16.7. The molecule has 0 saturated carbocycles. The van der Waals surface area contributed by atoms with Crippen LogP contribution in [0.5, 0.6) is 0 Å². The highest BCUT2D eigenvalue weighted by atomic mass is 15.2. The van der Waals surface area contributed by atoms with Gasteiger partial charge in [-0.1, -0.05) is 19.4 Å². The second kappa shape index (κ2) is 8.76. The Morgan fingerprint density at radius 1 is 1.26 bits per heavy atom. The molecule has 112 valence electrons. The minimum Gasteiger partial charge on any atom is -0.312 e. The van der Waals surface area contributed by atoms with Crippen LogP contribution in [-0.2, 0) is 0 Å². The van der Waals surface area contributed by atoms with E-state index in [2.05, 4.69) is 37.6 Å².